The average Bonchev–Trinajstić information content (AvgIpc) is 2.43. The fraction of sp³-hybridized carbons (Fsp3) is 0.529. The van der Waals surface area contributed by atoms with E-state index >= 15 is 0 Å². The van der Waals surface area contributed by atoms with Crippen molar-refractivity contribution in [2.24, 2.45) is 0 Å². The summed E-state index contributed by atoms with van der Waals surface area (Å²) in [7, 11) is 0. The topological polar surface area (TPSA) is 18.5 Å². The number of benzene rings is 1. The molecule has 0 saturated heterocycles. The first-order valence-corrected chi connectivity index (χ1v) is 8.28. The summed E-state index contributed by atoms with van der Waals surface area (Å²) in [5.74, 6) is 1.47. The highest BCUT2D eigenvalue weighted by Crippen LogP contribution is 2.35. The minimum atomic E-state index is -0.324. The van der Waals surface area contributed by atoms with Gasteiger partial charge < -0.3 is 9.47 Å². The average molecular weight is 310 g/mol. The number of ether oxygens (including phenoxy) is 2. The first-order valence-electron chi connectivity index (χ1n) is 7.64. The summed E-state index contributed by atoms with van der Waals surface area (Å²) in [4.78, 5) is 0. The Morgan fingerprint density at radius 2 is 2.10 bits per heavy atom. The van der Waals surface area contributed by atoms with Gasteiger partial charge in [0, 0.05) is 11.3 Å². The van der Waals surface area contributed by atoms with Gasteiger partial charge in [0.1, 0.15) is 5.76 Å². The molecule has 0 aromatic heterocycles. The molecule has 4 heteroatoms. The van der Waals surface area contributed by atoms with E-state index in [0.717, 1.165) is 37.0 Å². The van der Waals surface area contributed by atoms with Gasteiger partial charge in [-0.15, -0.1) is 0 Å². The Morgan fingerprint density at radius 1 is 1.29 bits per heavy atom. The van der Waals surface area contributed by atoms with E-state index < -0.39 is 0 Å². The van der Waals surface area contributed by atoms with Gasteiger partial charge in [0.25, 0.3) is 0 Å². The van der Waals surface area contributed by atoms with Gasteiger partial charge in [-0.1, -0.05) is 13.3 Å². The fourth-order valence-electron chi connectivity index (χ4n) is 2.20. The molecule has 1 aliphatic rings. The molecule has 1 aromatic rings. The standard InChI is InChI=1S/C17H23FO2S/c1-2-3-9-19-16-8-7-14(12-15(16)18)17(20-10-11-21)13-5-4-6-13/h7-8,12,21H,2-6,9-11H2,1H3. The first kappa shape index (κ1) is 16.2. The van der Waals surface area contributed by atoms with E-state index in [1.54, 1.807) is 6.07 Å². The van der Waals surface area contributed by atoms with Crippen LogP contribution in [0.15, 0.2) is 23.8 Å². The van der Waals surface area contributed by atoms with Gasteiger partial charge in [-0.05, 0) is 49.5 Å². The summed E-state index contributed by atoms with van der Waals surface area (Å²) >= 11 is 4.17. The van der Waals surface area contributed by atoms with Crippen molar-refractivity contribution in [1.29, 1.82) is 0 Å². The minimum Gasteiger partial charge on any atom is -0.492 e. The molecule has 2 nitrogen and oxygen atoms in total. The first-order chi connectivity index (χ1) is 10.3. The largest absolute Gasteiger partial charge is 0.492 e. The van der Waals surface area contributed by atoms with Crippen molar-refractivity contribution >= 4 is 18.4 Å². The molecule has 0 aliphatic heterocycles. The summed E-state index contributed by atoms with van der Waals surface area (Å²) in [6.07, 6.45) is 5.23. The number of hydrogen-bond donors (Lipinski definition) is 1. The molecule has 0 unspecified atom stereocenters. The molecule has 1 saturated carbocycles. The van der Waals surface area contributed by atoms with Crippen molar-refractivity contribution in [1.82, 2.24) is 0 Å². The van der Waals surface area contributed by atoms with Crippen LogP contribution in [0.2, 0.25) is 0 Å². The van der Waals surface area contributed by atoms with Gasteiger partial charge in [-0.25, -0.2) is 4.39 Å². The Kier molecular flexibility index (Phi) is 6.43. The SMILES string of the molecule is CCCCOc1ccc(C(OCCS)=C2CCC2)cc1F. The van der Waals surface area contributed by atoms with Crippen LogP contribution in [0.3, 0.4) is 0 Å². The van der Waals surface area contributed by atoms with E-state index in [4.69, 9.17) is 9.47 Å². The highest BCUT2D eigenvalue weighted by Gasteiger charge is 2.18. The summed E-state index contributed by atoms with van der Waals surface area (Å²) in [6.45, 7) is 3.17. The molecule has 0 spiro atoms. The lowest BCUT2D eigenvalue weighted by Crippen LogP contribution is -2.07. The van der Waals surface area contributed by atoms with E-state index in [-0.39, 0.29) is 5.82 Å². The predicted molar refractivity (Wildman–Crippen MR) is 87.4 cm³/mol. The van der Waals surface area contributed by atoms with Gasteiger partial charge in [-0.3, -0.25) is 0 Å². The quantitative estimate of drug-likeness (QED) is 0.420. The Morgan fingerprint density at radius 3 is 2.67 bits per heavy atom. The molecule has 1 aliphatic carbocycles. The molecule has 2 rings (SSSR count). The number of rotatable bonds is 8. The monoisotopic (exact) mass is 310 g/mol. The van der Waals surface area contributed by atoms with Crippen LogP contribution in [0.25, 0.3) is 5.76 Å². The molecule has 1 aromatic carbocycles. The number of halogens is 1. The number of unbranched alkanes of at least 4 members (excludes halogenated alkanes) is 1. The van der Waals surface area contributed by atoms with Crippen LogP contribution in [0, 0.1) is 5.82 Å². The fourth-order valence-corrected chi connectivity index (χ4v) is 2.29. The zero-order chi connectivity index (χ0) is 15.1. The lowest BCUT2D eigenvalue weighted by molar-refractivity contribution is 0.290. The maximum absolute atomic E-state index is 14.1. The van der Waals surface area contributed by atoms with Crippen LogP contribution >= 0.6 is 12.6 Å². The molecule has 0 atom stereocenters. The van der Waals surface area contributed by atoms with E-state index in [1.165, 1.54) is 18.1 Å². The Hall–Kier alpha value is -1.16. The zero-order valence-corrected chi connectivity index (χ0v) is 13.4. The van der Waals surface area contributed by atoms with Crippen molar-refractivity contribution in [3.8, 4) is 5.75 Å². The summed E-state index contributed by atoms with van der Waals surface area (Å²) in [5, 5.41) is 0. The van der Waals surface area contributed by atoms with E-state index in [9.17, 15) is 4.39 Å². The predicted octanol–water partition coefficient (Wildman–Crippen LogP) is 4.85. The van der Waals surface area contributed by atoms with Gasteiger partial charge >= 0.3 is 0 Å². The Balaban J connectivity index is 2.13. The van der Waals surface area contributed by atoms with Crippen molar-refractivity contribution in [2.45, 2.75) is 39.0 Å². The molecular formula is C17H23FO2S. The lowest BCUT2D eigenvalue weighted by atomic mass is 9.89. The third kappa shape index (κ3) is 4.40. The van der Waals surface area contributed by atoms with Crippen molar-refractivity contribution < 1.29 is 13.9 Å². The smallest absolute Gasteiger partial charge is 0.165 e. The molecule has 116 valence electrons. The number of hydrogen-bond acceptors (Lipinski definition) is 3. The minimum absolute atomic E-state index is 0.319. The molecular weight excluding hydrogens is 287 g/mol. The maximum atomic E-state index is 14.1. The van der Waals surface area contributed by atoms with Gasteiger partial charge in [0.15, 0.2) is 11.6 Å². The van der Waals surface area contributed by atoms with Crippen LogP contribution in [0.1, 0.15) is 44.6 Å². The van der Waals surface area contributed by atoms with E-state index in [0.29, 0.717) is 24.7 Å². The van der Waals surface area contributed by atoms with E-state index in [1.807, 2.05) is 6.07 Å². The van der Waals surface area contributed by atoms with Crippen molar-refractivity contribution in [3.05, 3.63) is 35.2 Å². The molecule has 0 amide bonds. The molecule has 0 radical (unpaired) electrons. The molecule has 0 bridgehead atoms. The Bertz CT molecular complexity index is 494. The Labute approximate surface area is 131 Å². The highest BCUT2D eigenvalue weighted by molar-refractivity contribution is 7.80. The normalized spacial score (nSPS) is 13.8. The maximum Gasteiger partial charge on any atom is 0.165 e. The van der Waals surface area contributed by atoms with Crippen LogP contribution in [0.5, 0.6) is 5.75 Å². The van der Waals surface area contributed by atoms with Crippen LogP contribution in [-0.2, 0) is 4.74 Å². The second kappa shape index (κ2) is 8.32. The third-order valence-corrected chi connectivity index (χ3v) is 3.75. The van der Waals surface area contributed by atoms with Gasteiger partial charge in [0.2, 0.25) is 0 Å². The summed E-state index contributed by atoms with van der Waals surface area (Å²) < 4.78 is 25.3. The third-order valence-electron chi connectivity index (χ3n) is 3.57. The summed E-state index contributed by atoms with van der Waals surface area (Å²) in [6, 6.07) is 5.09. The zero-order valence-electron chi connectivity index (χ0n) is 12.5. The van der Waals surface area contributed by atoms with Crippen LogP contribution in [0.4, 0.5) is 4.39 Å². The summed E-state index contributed by atoms with van der Waals surface area (Å²) in [5.41, 5.74) is 2.07. The van der Waals surface area contributed by atoms with Crippen molar-refractivity contribution in [3.63, 3.8) is 0 Å². The van der Waals surface area contributed by atoms with Gasteiger partial charge in [0.05, 0.1) is 13.2 Å². The second-order valence-electron chi connectivity index (χ2n) is 5.21. The molecule has 0 heterocycles. The second-order valence-corrected chi connectivity index (χ2v) is 5.65. The van der Waals surface area contributed by atoms with Crippen molar-refractivity contribution in [2.75, 3.05) is 19.0 Å². The molecule has 21 heavy (non-hydrogen) atoms. The van der Waals surface area contributed by atoms with Crippen LogP contribution < -0.4 is 4.74 Å². The number of thiol groups is 1. The molecule has 0 N–H and O–H groups in total. The number of allylic oxidation sites excluding steroid dienone is 1. The van der Waals surface area contributed by atoms with Crippen LogP contribution in [-0.4, -0.2) is 19.0 Å². The highest BCUT2D eigenvalue weighted by atomic mass is 32.1. The van der Waals surface area contributed by atoms with E-state index in [2.05, 4.69) is 19.6 Å². The van der Waals surface area contributed by atoms with Gasteiger partial charge in [-0.2, -0.15) is 12.6 Å². The lowest BCUT2D eigenvalue weighted by Gasteiger charge is -2.22. The molecule has 1 fully saturated rings.